The van der Waals surface area contributed by atoms with Crippen molar-refractivity contribution in [1.82, 2.24) is 9.97 Å². The monoisotopic (exact) mass is 274 g/mol. The van der Waals surface area contributed by atoms with Gasteiger partial charge in [-0.15, -0.1) is 0 Å². The first-order chi connectivity index (χ1) is 9.51. The molecule has 0 bridgehead atoms. The fraction of sp³-hybridized carbons (Fsp3) is 0.750. The van der Waals surface area contributed by atoms with Gasteiger partial charge in [-0.05, 0) is 38.0 Å². The summed E-state index contributed by atoms with van der Waals surface area (Å²) in [5.41, 5.74) is 1.50. The molecule has 1 aromatic heterocycles. The summed E-state index contributed by atoms with van der Waals surface area (Å²) in [6.07, 6.45) is 6.32. The van der Waals surface area contributed by atoms with Crippen LogP contribution in [-0.4, -0.2) is 23.1 Å². The van der Waals surface area contributed by atoms with Crippen molar-refractivity contribution in [2.45, 2.75) is 64.8 Å². The maximum atomic E-state index is 4.81. The molecule has 1 unspecified atom stereocenters. The van der Waals surface area contributed by atoms with Crippen molar-refractivity contribution < 1.29 is 0 Å². The van der Waals surface area contributed by atoms with E-state index in [2.05, 4.69) is 36.4 Å². The van der Waals surface area contributed by atoms with Crippen LogP contribution < -0.4 is 10.6 Å². The quantitative estimate of drug-likeness (QED) is 0.879. The molecule has 2 saturated carbocycles. The van der Waals surface area contributed by atoms with Crippen molar-refractivity contribution in [3.05, 3.63) is 11.4 Å². The SMILES string of the molecule is CNc1nc(C2CC2)nc(NC2CCCC2(C)C)c1C. The minimum absolute atomic E-state index is 0.358. The Labute approximate surface area is 121 Å². The average Bonchev–Trinajstić information content (AvgIpc) is 3.19. The van der Waals surface area contributed by atoms with Crippen LogP contribution in [0.1, 0.15) is 63.3 Å². The summed E-state index contributed by atoms with van der Waals surface area (Å²) in [5, 5.41) is 6.92. The summed E-state index contributed by atoms with van der Waals surface area (Å²) in [7, 11) is 1.94. The van der Waals surface area contributed by atoms with Gasteiger partial charge in [0.15, 0.2) is 0 Å². The Bertz CT molecular complexity index is 505. The second-order valence-electron chi connectivity index (χ2n) is 7.01. The number of nitrogens with zero attached hydrogens (tertiary/aromatic N) is 2. The first-order valence-electron chi connectivity index (χ1n) is 7.84. The van der Waals surface area contributed by atoms with Crippen LogP contribution in [-0.2, 0) is 0 Å². The lowest BCUT2D eigenvalue weighted by molar-refractivity contribution is 0.349. The molecule has 0 radical (unpaired) electrons. The standard InChI is InChI=1S/C16H26N4/c1-10-13(17-4)19-15(11-7-8-11)20-14(10)18-12-6-5-9-16(12,2)3/h11-12H,5-9H2,1-4H3,(H2,17,18,19,20). The first-order valence-corrected chi connectivity index (χ1v) is 7.84. The normalized spacial score (nSPS) is 24.7. The van der Waals surface area contributed by atoms with Gasteiger partial charge in [-0.2, -0.15) is 0 Å². The van der Waals surface area contributed by atoms with E-state index in [-0.39, 0.29) is 0 Å². The van der Waals surface area contributed by atoms with E-state index in [1.54, 1.807) is 0 Å². The van der Waals surface area contributed by atoms with Crippen molar-refractivity contribution in [2.24, 2.45) is 5.41 Å². The molecule has 4 heteroatoms. The van der Waals surface area contributed by atoms with Gasteiger partial charge >= 0.3 is 0 Å². The van der Waals surface area contributed by atoms with E-state index in [4.69, 9.17) is 4.98 Å². The molecule has 2 aliphatic carbocycles. The van der Waals surface area contributed by atoms with Crippen LogP contribution in [0.15, 0.2) is 0 Å². The van der Waals surface area contributed by atoms with Gasteiger partial charge in [-0.3, -0.25) is 0 Å². The molecule has 4 nitrogen and oxygen atoms in total. The van der Waals surface area contributed by atoms with E-state index in [0.29, 0.717) is 17.4 Å². The summed E-state index contributed by atoms with van der Waals surface area (Å²) >= 11 is 0. The maximum absolute atomic E-state index is 4.81. The Kier molecular flexibility index (Phi) is 3.35. The average molecular weight is 274 g/mol. The summed E-state index contributed by atoms with van der Waals surface area (Å²) < 4.78 is 0. The van der Waals surface area contributed by atoms with Crippen molar-refractivity contribution in [2.75, 3.05) is 17.7 Å². The molecule has 2 N–H and O–H groups in total. The van der Waals surface area contributed by atoms with E-state index in [1.807, 2.05) is 7.05 Å². The Morgan fingerprint density at radius 2 is 1.80 bits per heavy atom. The molecule has 0 aromatic carbocycles. The molecule has 0 amide bonds. The molecule has 2 fully saturated rings. The topological polar surface area (TPSA) is 49.8 Å². The van der Waals surface area contributed by atoms with Crippen molar-refractivity contribution >= 4 is 11.6 Å². The molecule has 110 valence electrons. The molecule has 3 rings (SSSR count). The van der Waals surface area contributed by atoms with Crippen molar-refractivity contribution in [3.63, 3.8) is 0 Å². The molecule has 1 atom stereocenters. The summed E-state index contributed by atoms with van der Waals surface area (Å²) in [6.45, 7) is 6.82. The molecule has 1 heterocycles. The van der Waals surface area contributed by atoms with Crippen LogP contribution in [0, 0.1) is 12.3 Å². The Hall–Kier alpha value is -1.32. The smallest absolute Gasteiger partial charge is 0.136 e. The number of rotatable bonds is 4. The van der Waals surface area contributed by atoms with Gasteiger partial charge in [0.05, 0.1) is 0 Å². The number of anilines is 2. The fourth-order valence-electron chi connectivity index (χ4n) is 3.20. The number of nitrogens with one attached hydrogen (secondary N) is 2. The van der Waals surface area contributed by atoms with Crippen LogP contribution in [0.25, 0.3) is 0 Å². The lowest BCUT2D eigenvalue weighted by Gasteiger charge is -2.29. The zero-order chi connectivity index (χ0) is 14.3. The van der Waals surface area contributed by atoms with Gasteiger partial charge in [0, 0.05) is 24.6 Å². The first kappa shape index (κ1) is 13.7. The van der Waals surface area contributed by atoms with Crippen LogP contribution in [0.3, 0.4) is 0 Å². The minimum Gasteiger partial charge on any atom is -0.373 e. The Balaban J connectivity index is 1.89. The van der Waals surface area contributed by atoms with Crippen molar-refractivity contribution in [1.29, 1.82) is 0 Å². The Morgan fingerprint density at radius 3 is 2.35 bits per heavy atom. The summed E-state index contributed by atoms with van der Waals surface area (Å²) in [4.78, 5) is 9.47. The summed E-state index contributed by atoms with van der Waals surface area (Å²) in [5.74, 6) is 3.60. The van der Waals surface area contributed by atoms with E-state index in [0.717, 1.165) is 23.0 Å². The predicted octanol–water partition coefficient (Wildman–Crippen LogP) is 3.69. The Morgan fingerprint density at radius 1 is 1.10 bits per heavy atom. The predicted molar refractivity (Wildman–Crippen MR) is 83.3 cm³/mol. The zero-order valence-corrected chi connectivity index (χ0v) is 13.1. The lowest BCUT2D eigenvalue weighted by Crippen LogP contribution is -2.31. The molecule has 2 aliphatic rings. The molecule has 0 spiro atoms. The second kappa shape index (κ2) is 4.90. The van der Waals surface area contributed by atoms with Gasteiger partial charge in [-0.25, -0.2) is 9.97 Å². The summed E-state index contributed by atoms with van der Waals surface area (Å²) in [6, 6.07) is 0.521. The zero-order valence-electron chi connectivity index (χ0n) is 13.1. The molecule has 1 aromatic rings. The third-order valence-corrected chi connectivity index (χ3v) is 4.91. The van der Waals surface area contributed by atoms with Gasteiger partial charge in [0.25, 0.3) is 0 Å². The highest BCUT2D eigenvalue weighted by Gasteiger charge is 2.35. The lowest BCUT2D eigenvalue weighted by atomic mass is 9.87. The van der Waals surface area contributed by atoms with E-state index in [1.165, 1.54) is 32.1 Å². The maximum Gasteiger partial charge on any atom is 0.136 e. The molecule has 0 saturated heterocycles. The second-order valence-corrected chi connectivity index (χ2v) is 7.01. The van der Waals surface area contributed by atoms with E-state index in [9.17, 15) is 0 Å². The van der Waals surface area contributed by atoms with Crippen LogP contribution >= 0.6 is 0 Å². The van der Waals surface area contributed by atoms with Gasteiger partial charge < -0.3 is 10.6 Å². The highest BCUT2D eigenvalue weighted by atomic mass is 15.1. The largest absolute Gasteiger partial charge is 0.373 e. The third-order valence-electron chi connectivity index (χ3n) is 4.91. The van der Waals surface area contributed by atoms with Gasteiger partial charge in [0.2, 0.25) is 0 Å². The molecule has 20 heavy (non-hydrogen) atoms. The van der Waals surface area contributed by atoms with Crippen LogP contribution in [0.5, 0.6) is 0 Å². The number of hydrogen-bond acceptors (Lipinski definition) is 4. The molecular formula is C16H26N4. The highest BCUT2D eigenvalue weighted by Crippen LogP contribution is 2.42. The van der Waals surface area contributed by atoms with E-state index < -0.39 is 0 Å². The third kappa shape index (κ3) is 2.48. The number of hydrogen-bond donors (Lipinski definition) is 2. The molecule has 0 aliphatic heterocycles. The van der Waals surface area contributed by atoms with Crippen LogP contribution in [0.4, 0.5) is 11.6 Å². The van der Waals surface area contributed by atoms with Gasteiger partial charge in [0.1, 0.15) is 17.5 Å². The number of aromatic nitrogens is 2. The fourth-order valence-corrected chi connectivity index (χ4v) is 3.20. The van der Waals surface area contributed by atoms with E-state index >= 15 is 0 Å². The molecular weight excluding hydrogens is 248 g/mol. The van der Waals surface area contributed by atoms with Crippen LogP contribution in [0.2, 0.25) is 0 Å². The van der Waals surface area contributed by atoms with Crippen molar-refractivity contribution in [3.8, 4) is 0 Å². The van der Waals surface area contributed by atoms with Gasteiger partial charge in [-0.1, -0.05) is 20.3 Å². The highest BCUT2D eigenvalue weighted by molar-refractivity contribution is 5.58. The minimum atomic E-state index is 0.358.